The van der Waals surface area contributed by atoms with E-state index in [1.165, 1.54) is 11.1 Å². The molecule has 92 valence electrons. The van der Waals surface area contributed by atoms with E-state index in [-0.39, 0.29) is 0 Å². The molecule has 2 aromatic carbocycles. The Labute approximate surface area is 109 Å². The fraction of sp³-hybridized carbons (Fsp3) is 0.176. The van der Waals surface area contributed by atoms with E-state index in [1.807, 2.05) is 24.3 Å². The Bertz CT molecular complexity index is 514. The molecule has 0 bridgehead atoms. The lowest BCUT2D eigenvalue weighted by atomic mass is 10.0. The first-order chi connectivity index (χ1) is 8.85. The fourth-order valence-corrected chi connectivity index (χ4v) is 1.85. The first-order valence-electron chi connectivity index (χ1n) is 6.30. The molecular weight excluding hydrogens is 220 g/mol. The minimum atomic E-state index is 0.735. The Hall–Kier alpha value is -2.02. The summed E-state index contributed by atoms with van der Waals surface area (Å²) < 4.78 is 5.77. The molecule has 0 N–H and O–H groups in total. The molecule has 0 atom stereocenters. The Morgan fingerprint density at radius 1 is 1.06 bits per heavy atom. The zero-order valence-electron chi connectivity index (χ0n) is 10.7. The highest BCUT2D eigenvalue weighted by atomic mass is 16.5. The first-order valence-corrected chi connectivity index (χ1v) is 6.30. The lowest BCUT2D eigenvalue weighted by Gasteiger charge is -2.10. The predicted molar refractivity (Wildman–Crippen MR) is 77.8 cm³/mol. The largest absolute Gasteiger partial charge is 0.493 e. The SMILES string of the molecule is C=Cc1ccc(-c2ccccc2)cc1OCCC. The average Bonchev–Trinajstić information content (AvgIpc) is 2.45. The number of benzene rings is 2. The molecule has 1 heteroatoms. The van der Waals surface area contributed by atoms with Crippen LogP contribution < -0.4 is 4.74 Å². The van der Waals surface area contributed by atoms with Crippen molar-refractivity contribution in [3.05, 3.63) is 60.7 Å². The number of ether oxygens (including phenoxy) is 1. The van der Waals surface area contributed by atoms with Crippen molar-refractivity contribution in [3.63, 3.8) is 0 Å². The van der Waals surface area contributed by atoms with Gasteiger partial charge in [-0.3, -0.25) is 0 Å². The van der Waals surface area contributed by atoms with Crippen LogP contribution in [-0.4, -0.2) is 6.61 Å². The summed E-state index contributed by atoms with van der Waals surface area (Å²) in [6.07, 6.45) is 2.84. The molecule has 0 heterocycles. The van der Waals surface area contributed by atoms with Crippen LogP contribution in [0.5, 0.6) is 5.75 Å². The van der Waals surface area contributed by atoms with Crippen LogP contribution in [0, 0.1) is 0 Å². The van der Waals surface area contributed by atoms with Crippen LogP contribution in [0.3, 0.4) is 0 Å². The van der Waals surface area contributed by atoms with Crippen LogP contribution in [0.2, 0.25) is 0 Å². The van der Waals surface area contributed by atoms with Crippen molar-refractivity contribution in [1.82, 2.24) is 0 Å². The van der Waals surface area contributed by atoms with Crippen molar-refractivity contribution in [1.29, 1.82) is 0 Å². The van der Waals surface area contributed by atoms with E-state index >= 15 is 0 Å². The normalized spacial score (nSPS) is 10.1. The van der Waals surface area contributed by atoms with Gasteiger partial charge in [-0.2, -0.15) is 0 Å². The second-order valence-electron chi connectivity index (χ2n) is 4.17. The van der Waals surface area contributed by atoms with E-state index in [4.69, 9.17) is 4.74 Å². The van der Waals surface area contributed by atoms with Crippen molar-refractivity contribution in [2.75, 3.05) is 6.61 Å². The molecule has 0 spiro atoms. The second kappa shape index (κ2) is 6.06. The van der Waals surface area contributed by atoms with Crippen LogP contribution in [0.4, 0.5) is 0 Å². The van der Waals surface area contributed by atoms with E-state index < -0.39 is 0 Å². The van der Waals surface area contributed by atoms with Gasteiger partial charge in [-0.05, 0) is 23.6 Å². The molecule has 0 fully saturated rings. The number of hydrogen-bond donors (Lipinski definition) is 0. The van der Waals surface area contributed by atoms with Crippen LogP contribution >= 0.6 is 0 Å². The maximum Gasteiger partial charge on any atom is 0.127 e. The van der Waals surface area contributed by atoms with Crippen LogP contribution in [-0.2, 0) is 0 Å². The maximum atomic E-state index is 5.77. The highest BCUT2D eigenvalue weighted by molar-refractivity contribution is 5.69. The van der Waals surface area contributed by atoms with Crippen LogP contribution in [0.15, 0.2) is 55.1 Å². The molecule has 18 heavy (non-hydrogen) atoms. The van der Waals surface area contributed by atoms with Crippen LogP contribution in [0.25, 0.3) is 17.2 Å². The van der Waals surface area contributed by atoms with Gasteiger partial charge in [0.05, 0.1) is 6.61 Å². The first kappa shape index (κ1) is 12.4. The lowest BCUT2D eigenvalue weighted by Crippen LogP contribution is -1.97. The maximum absolute atomic E-state index is 5.77. The van der Waals surface area contributed by atoms with Crippen molar-refractivity contribution in [2.24, 2.45) is 0 Å². The van der Waals surface area contributed by atoms with Gasteiger partial charge in [0.25, 0.3) is 0 Å². The lowest BCUT2D eigenvalue weighted by molar-refractivity contribution is 0.317. The summed E-state index contributed by atoms with van der Waals surface area (Å²) in [6.45, 7) is 6.66. The summed E-state index contributed by atoms with van der Waals surface area (Å²) in [4.78, 5) is 0. The summed E-state index contributed by atoms with van der Waals surface area (Å²) >= 11 is 0. The third-order valence-electron chi connectivity index (χ3n) is 2.80. The molecule has 0 unspecified atom stereocenters. The minimum Gasteiger partial charge on any atom is -0.493 e. The third kappa shape index (κ3) is 2.80. The number of rotatable bonds is 5. The van der Waals surface area contributed by atoms with Gasteiger partial charge in [-0.1, -0.05) is 62.0 Å². The van der Waals surface area contributed by atoms with E-state index in [0.717, 1.165) is 24.3 Å². The smallest absolute Gasteiger partial charge is 0.127 e. The van der Waals surface area contributed by atoms with Gasteiger partial charge in [-0.15, -0.1) is 0 Å². The van der Waals surface area contributed by atoms with Gasteiger partial charge in [0.1, 0.15) is 5.75 Å². The van der Waals surface area contributed by atoms with E-state index in [9.17, 15) is 0 Å². The Morgan fingerprint density at radius 3 is 2.50 bits per heavy atom. The Kier molecular flexibility index (Phi) is 4.19. The Morgan fingerprint density at radius 2 is 1.83 bits per heavy atom. The molecular formula is C17H18O. The molecule has 0 aromatic heterocycles. The summed E-state index contributed by atoms with van der Waals surface area (Å²) in [7, 11) is 0. The van der Waals surface area contributed by atoms with E-state index in [1.54, 1.807) is 0 Å². The molecule has 0 aliphatic heterocycles. The summed E-state index contributed by atoms with van der Waals surface area (Å²) in [5, 5.41) is 0. The Balaban J connectivity index is 2.36. The van der Waals surface area contributed by atoms with Crippen molar-refractivity contribution in [2.45, 2.75) is 13.3 Å². The van der Waals surface area contributed by atoms with Gasteiger partial charge in [-0.25, -0.2) is 0 Å². The molecule has 2 rings (SSSR count). The molecule has 0 saturated heterocycles. The molecule has 2 aromatic rings. The zero-order chi connectivity index (χ0) is 12.8. The molecule has 0 aliphatic rings. The minimum absolute atomic E-state index is 0.735. The monoisotopic (exact) mass is 238 g/mol. The molecule has 1 nitrogen and oxygen atoms in total. The topological polar surface area (TPSA) is 9.23 Å². The predicted octanol–water partition coefficient (Wildman–Crippen LogP) is 4.79. The van der Waals surface area contributed by atoms with Gasteiger partial charge in [0.15, 0.2) is 0 Å². The summed E-state index contributed by atoms with van der Waals surface area (Å²) in [5.41, 5.74) is 3.42. The van der Waals surface area contributed by atoms with Crippen LogP contribution in [0.1, 0.15) is 18.9 Å². The fourth-order valence-electron chi connectivity index (χ4n) is 1.85. The zero-order valence-corrected chi connectivity index (χ0v) is 10.7. The molecule has 0 saturated carbocycles. The highest BCUT2D eigenvalue weighted by Gasteiger charge is 2.04. The standard InChI is InChI=1S/C17H18O/c1-3-12-18-17-13-16(11-10-14(17)4-2)15-8-6-5-7-9-15/h4-11,13H,2-3,12H2,1H3. The highest BCUT2D eigenvalue weighted by Crippen LogP contribution is 2.28. The second-order valence-corrected chi connectivity index (χ2v) is 4.17. The molecule has 0 radical (unpaired) electrons. The summed E-state index contributed by atoms with van der Waals surface area (Å²) in [6, 6.07) is 16.6. The van der Waals surface area contributed by atoms with Crippen molar-refractivity contribution >= 4 is 6.08 Å². The van der Waals surface area contributed by atoms with Gasteiger partial charge in [0, 0.05) is 5.56 Å². The average molecular weight is 238 g/mol. The van der Waals surface area contributed by atoms with Gasteiger partial charge < -0.3 is 4.74 Å². The van der Waals surface area contributed by atoms with Gasteiger partial charge in [0.2, 0.25) is 0 Å². The van der Waals surface area contributed by atoms with E-state index in [2.05, 4.69) is 43.8 Å². The van der Waals surface area contributed by atoms with Crippen molar-refractivity contribution in [3.8, 4) is 16.9 Å². The molecule has 0 amide bonds. The van der Waals surface area contributed by atoms with Gasteiger partial charge >= 0.3 is 0 Å². The summed E-state index contributed by atoms with van der Waals surface area (Å²) in [5.74, 6) is 0.910. The van der Waals surface area contributed by atoms with E-state index in [0.29, 0.717) is 0 Å². The number of hydrogen-bond acceptors (Lipinski definition) is 1. The molecule has 0 aliphatic carbocycles. The third-order valence-corrected chi connectivity index (χ3v) is 2.80. The quantitative estimate of drug-likeness (QED) is 0.728. The van der Waals surface area contributed by atoms with Crippen molar-refractivity contribution < 1.29 is 4.74 Å².